The van der Waals surface area contributed by atoms with Gasteiger partial charge in [0.05, 0.1) is 6.04 Å². The van der Waals surface area contributed by atoms with E-state index >= 15 is 0 Å². The first-order chi connectivity index (χ1) is 9.34. The van der Waals surface area contributed by atoms with Gasteiger partial charge < -0.3 is 5.73 Å². The molecule has 20 heavy (non-hydrogen) atoms. The summed E-state index contributed by atoms with van der Waals surface area (Å²) in [6, 6.07) is 20.9. The van der Waals surface area contributed by atoms with Crippen LogP contribution in [0, 0.1) is 0 Å². The molecule has 3 heteroatoms. The minimum absolute atomic E-state index is 0. The summed E-state index contributed by atoms with van der Waals surface area (Å²) in [5.41, 5.74) is 11.1. The molecule has 1 aromatic heterocycles. The Morgan fingerprint density at radius 3 is 2.25 bits per heavy atom. The maximum Gasteiger partial charge on any atom is 0.0560 e. The van der Waals surface area contributed by atoms with Gasteiger partial charge in [-0.15, -0.1) is 12.4 Å². The lowest BCUT2D eigenvalue weighted by molar-refractivity contribution is 0.877. The quantitative estimate of drug-likeness (QED) is 0.732. The lowest BCUT2D eigenvalue weighted by Gasteiger charge is -2.12. The van der Waals surface area contributed by atoms with Gasteiger partial charge in [0.1, 0.15) is 0 Å². The second kappa shape index (κ2) is 6.71. The Kier molecular flexibility index (Phi) is 4.96. The number of halogens is 1. The monoisotopic (exact) mass is 301 g/mol. The normalized spacial score (nSPS) is 11.7. The van der Waals surface area contributed by atoms with Crippen LogP contribution in [0.5, 0.6) is 0 Å². The van der Waals surface area contributed by atoms with Gasteiger partial charge >= 0.3 is 0 Å². The maximum absolute atomic E-state index is 6.31. The van der Waals surface area contributed by atoms with Crippen LogP contribution in [0.3, 0.4) is 0 Å². The number of benzene rings is 2. The Morgan fingerprint density at radius 1 is 0.800 bits per heavy atom. The van der Waals surface area contributed by atoms with Gasteiger partial charge in [-0.3, -0.25) is 0 Å². The summed E-state index contributed by atoms with van der Waals surface area (Å²) < 4.78 is 0. The third-order valence-corrected chi connectivity index (χ3v) is 3.96. The summed E-state index contributed by atoms with van der Waals surface area (Å²) in [4.78, 5) is 0. The topological polar surface area (TPSA) is 26.0 Å². The Labute approximate surface area is 129 Å². The molecule has 3 rings (SSSR count). The van der Waals surface area contributed by atoms with Crippen LogP contribution in [0.4, 0.5) is 0 Å². The van der Waals surface area contributed by atoms with Gasteiger partial charge in [0.15, 0.2) is 0 Å². The molecule has 0 spiro atoms. The molecule has 1 heterocycles. The molecule has 0 aliphatic rings. The van der Waals surface area contributed by atoms with Crippen molar-refractivity contribution in [2.75, 3.05) is 0 Å². The third kappa shape index (κ3) is 3.10. The van der Waals surface area contributed by atoms with Crippen LogP contribution >= 0.6 is 23.7 Å². The Morgan fingerprint density at radius 2 is 1.55 bits per heavy atom. The number of hydrogen-bond acceptors (Lipinski definition) is 2. The predicted octanol–water partition coefficient (Wildman–Crippen LogP) is 4.89. The van der Waals surface area contributed by atoms with Crippen LogP contribution in [0.15, 0.2) is 71.4 Å². The molecule has 0 fully saturated rings. The van der Waals surface area contributed by atoms with E-state index < -0.39 is 0 Å². The van der Waals surface area contributed by atoms with Crippen molar-refractivity contribution >= 4 is 23.7 Å². The first kappa shape index (κ1) is 14.8. The summed E-state index contributed by atoms with van der Waals surface area (Å²) >= 11 is 1.68. The van der Waals surface area contributed by atoms with Crippen molar-refractivity contribution in [2.45, 2.75) is 6.04 Å². The van der Waals surface area contributed by atoms with Crippen molar-refractivity contribution in [1.82, 2.24) is 0 Å². The molecule has 1 nitrogen and oxygen atoms in total. The van der Waals surface area contributed by atoms with Gasteiger partial charge in [-0.05, 0) is 45.1 Å². The van der Waals surface area contributed by atoms with Crippen LogP contribution in [0.25, 0.3) is 11.1 Å². The van der Waals surface area contributed by atoms with E-state index in [9.17, 15) is 0 Å². The average molecular weight is 302 g/mol. The van der Waals surface area contributed by atoms with Gasteiger partial charge in [0, 0.05) is 0 Å². The van der Waals surface area contributed by atoms with E-state index in [0.29, 0.717) is 0 Å². The summed E-state index contributed by atoms with van der Waals surface area (Å²) in [5.74, 6) is 0. The van der Waals surface area contributed by atoms with Gasteiger partial charge in [0.2, 0.25) is 0 Å². The van der Waals surface area contributed by atoms with E-state index in [1.807, 2.05) is 6.07 Å². The number of thiophene rings is 1. The van der Waals surface area contributed by atoms with Crippen molar-refractivity contribution in [3.63, 3.8) is 0 Å². The largest absolute Gasteiger partial charge is 0.320 e. The van der Waals surface area contributed by atoms with Gasteiger partial charge in [-0.2, -0.15) is 11.3 Å². The highest BCUT2D eigenvalue weighted by Crippen LogP contribution is 2.26. The minimum Gasteiger partial charge on any atom is -0.320 e. The van der Waals surface area contributed by atoms with Crippen molar-refractivity contribution in [1.29, 1.82) is 0 Å². The Bertz CT molecular complexity index is 650. The molecule has 0 aliphatic heterocycles. The lowest BCUT2D eigenvalue weighted by atomic mass is 9.97. The molecule has 3 aromatic rings. The van der Waals surface area contributed by atoms with Crippen molar-refractivity contribution in [3.05, 3.63) is 82.6 Å². The van der Waals surface area contributed by atoms with Crippen molar-refractivity contribution in [2.24, 2.45) is 5.73 Å². The highest BCUT2D eigenvalue weighted by Gasteiger charge is 2.09. The van der Waals surface area contributed by atoms with Crippen LogP contribution < -0.4 is 5.73 Å². The molecule has 2 N–H and O–H groups in total. The number of hydrogen-bond donors (Lipinski definition) is 1. The van der Waals surface area contributed by atoms with E-state index in [2.05, 4.69) is 65.4 Å². The molecular formula is C17H16ClNS. The van der Waals surface area contributed by atoms with Gasteiger partial charge in [-0.1, -0.05) is 48.5 Å². The highest BCUT2D eigenvalue weighted by atomic mass is 35.5. The minimum atomic E-state index is -0.0464. The second-order valence-electron chi connectivity index (χ2n) is 4.53. The second-order valence-corrected chi connectivity index (χ2v) is 5.31. The molecule has 0 aliphatic carbocycles. The van der Waals surface area contributed by atoms with Crippen LogP contribution in [0.2, 0.25) is 0 Å². The first-order valence-electron chi connectivity index (χ1n) is 6.27. The molecule has 2 aromatic carbocycles. The Hall–Kier alpha value is -1.61. The molecule has 102 valence electrons. The fourth-order valence-electron chi connectivity index (χ4n) is 2.19. The van der Waals surface area contributed by atoms with Crippen LogP contribution in [-0.4, -0.2) is 0 Å². The first-order valence-corrected chi connectivity index (χ1v) is 7.22. The molecule has 0 radical (unpaired) electrons. The van der Waals surface area contributed by atoms with Crippen LogP contribution in [0.1, 0.15) is 17.2 Å². The average Bonchev–Trinajstić information content (AvgIpc) is 3.02. The third-order valence-electron chi connectivity index (χ3n) is 3.26. The standard InChI is InChI=1S/C17H15NS.ClH/c18-17(16-9-10-19-12-16)15-8-4-7-14(11-15)13-5-2-1-3-6-13;/h1-12,17H,18H2;1H/t17-;/m0./s1. The maximum atomic E-state index is 6.31. The Balaban J connectivity index is 0.00000147. The molecule has 0 saturated carbocycles. The van der Waals surface area contributed by atoms with E-state index in [1.54, 1.807) is 11.3 Å². The summed E-state index contributed by atoms with van der Waals surface area (Å²) in [6.07, 6.45) is 0. The summed E-state index contributed by atoms with van der Waals surface area (Å²) in [7, 11) is 0. The van der Waals surface area contributed by atoms with Gasteiger partial charge in [0.25, 0.3) is 0 Å². The van der Waals surface area contributed by atoms with E-state index in [-0.39, 0.29) is 18.4 Å². The predicted molar refractivity (Wildman–Crippen MR) is 89.5 cm³/mol. The fraction of sp³-hybridized carbons (Fsp3) is 0.0588. The van der Waals surface area contributed by atoms with E-state index in [4.69, 9.17) is 5.73 Å². The van der Waals surface area contributed by atoms with Crippen molar-refractivity contribution < 1.29 is 0 Å². The lowest BCUT2D eigenvalue weighted by Crippen LogP contribution is -2.10. The molecule has 1 atom stereocenters. The zero-order chi connectivity index (χ0) is 13.1. The van der Waals surface area contributed by atoms with Gasteiger partial charge in [-0.25, -0.2) is 0 Å². The highest BCUT2D eigenvalue weighted by molar-refractivity contribution is 7.08. The smallest absolute Gasteiger partial charge is 0.0560 e. The fourth-order valence-corrected chi connectivity index (χ4v) is 2.88. The van der Waals surface area contributed by atoms with Crippen LogP contribution in [-0.2, 0) is 0 Å². The zero-order valence-corrected chi connectivity index (χ0v) is 12.5. The number of nitrogens with two attached hydrogens (primary N) is 1. The molecule has 0 saturated heterocycles. The molecular weight excluding hydrogens is 286 g/mol. The number of rotatable bonds is 3. The molecule has 0 amide bonds. The molecule has 0 bridgehead atoms. The van der Waals surface area contributed by atoms with Crippen molar-refractivity contribution in [3.8, 4) is 11.1 Å². The van der Waals surface area contributed by atoms with E-state index in [1.165, 1.54) is 16.7 Å². The summed E-state index contributed by atoms with van der Waals surface area (Å²) in [6.45, 7) is 0. The molecule has 0 unspecified atom stereocenters. The SMILES string of the molecule is Cl.N[C@H](c1ccsc1)c1cccc(-c2ccccc2)c1. The zero-order valence-electron chi connectivity index (χ0n) is 10.9. The summed E-state index contributed by atoms with van der Waals surface area (Å²) in [5, 5.41) is 4.18. The van der Waals surface area contributed by atoms with E-state index in [0.717, 1.165) is 5.56 Å².